The Morgan fingerprint density at radius 1 is 1.04 bits per heavy atom. The molecule has 1 aromatic heterocycles. The number of thiazole rings is 1. The topological polar surface area (TPSA) is 31.8 Å². The Morgan fingerprint density at radius 2 is 1.83 bits per heavy atom. The van der Waals surface area contributed by atoms with Gasteiger partial charge in [0.1, 0.15) is 18.4 Å². The van der Waals surface area contributed by atoms with Crippen molar-refractivity contribution in [2.75, 3.05) is 19.0 Å². The van der Waals surface area contributed by atoms with Crippen LogP contribution in [0.3, 0.4) is 0 Å². The summed E-state index contributed by atoms with van der Waals surface area (Å²) in [5, 5.41) is 11.8. The summed E-state index contributed by atoms with van der Waals surface area (Å²) in [5.74, 6) is 0. The van der Waals surface area contributed by atoms with Crippen LogP contribution >= 0.6 is 11.3 Å². The van der Waals surface area contributed by atoms with Gasteiger partial charge < -0.3 is 4.90 Å². The number of hydrogen-bond donors (Lipinski definition) is 0. The molecule has 1 heterocycles. The van der Waals surface area contributed by atoms with E-state index in [0.29, 0.717) is 0 Å². The van der Waals surface area contributed by atoms with Crippen molar-refractivity contribution in [3.05, 3.63) is 71.2 Å². The van der Waals surface area contributed by atoms with Gasteiger partial charge in [-0.25, -0.2) is 4.57 Å². The molecule has 24 heavy (non-hydrogen) atoms. The van der Waals surface area contributed by atoms with E-state index < -0.39 is 0 Å². The lowest BCUT2D eigenvalue weighted by molar-refractivity contribution is -0.671. The number of nitrogens with zero attached hydrogens (tertiary/aromatic N) is 4. The van der Waals surface area contributed by atoms with Crippen LogP contribution in [-0.4, -0.2) is 14.1 Å². The number of benzene rings is 2. The van der Waals surface area contributed by atoms with Gasteiger partial charge in [-0.2, -0.15) is 0 Å². The van der Waals surface area contributed by atoms with Crippen LogP contribution in [-0.2, 0) is 6.54 Å². The van der Waals surface area contributed by atoms with Crippen molar-refractivity contribution in [3.8, 4) is 0 Å². The van der Waals surface area contributed by atoms with Crippen LogP contribution in [0.15, 0.2) is 70.3 Å². The predicted molar refractivity (Wildman–Crippen MR) is 99.7 cm³/mol. The van der Waals surface area contributed by atoms with E-state index in [2.05, 4.69) is 63.0 Å². The van der Waals surface area contributed by atoms with Gasteiger partial charge in [0.15, 0.2) is 0 Å². The smallest absolute Gasteiger partial charge is 0.378 e. The predicted octanol–water partition coefficient (Wildman–Crippen LogP) is 4.87. The highest BCUT2D eigenvalue weighted by atomic mass is 32.1. The van der Waals surface area contributed by atoms with Gasteiger partial charge in [-0.15, -0.1) is 0 Å². The van der Waals surface area contributed by atoms with E-state index in [1.54, 1.807) is 11.3 Å². The van der Waals surface area contributed by atoms with Gasteiger partial charge >= 0.3 is 5.13 Å². The standard InChI is InChI=1S/C19H21N4S/c1-15-13-17(22(2)3)9-10-18(15)20-21-19-23(11-12-24-19)14-16-7-5-4-6-8-16/h4-13H,14H2,1-3H3/q+1. The van der Waals surface area contributed by atoms with Crippen molar-refractivity contribution in [2.45, 2.75) is 13.5 Å². The first-order chi connectivity index (χ1) is 11.6. The Labute approximate surface area is 146 Å². The number of anilines is 1. The highest BCUT2D eigenvalue weighted by Gasteiger charge is 2.13. The third-order valence-corrected chi connectivity index (χ3v) is 4.58. The van der Waals surface area contributed by atoms with E-state index in [4.69, 9.17) is 0 Å². The molecule has 0 aliphatic carbocycles. The second kappa shape index (κ2) is 7.36. The van der Waals surface area contributed by atoms with Crippen LogP contribution in [0.4, 0.5) is 16.5 Å². The molecule has 0 spiro atoms. The fourth-order valence-electron chi connectivity index (χ4n) is 2.40. The summed E-state index contributed by atoms with van der Waals surface area (Å²) in [6, 6.07) is 16.6. The zero-order valence-electron chi connectivity index (χ0n) is 14.2. The lowest BCUT2D eigenvalue weighted by Crippen LogP contribution is -2.31. The van der Waals surface area contributed by atoms with Crippen molar-refractivity contribution in [3.63, 3.8) is 0 Å². The lowest BCUT2D eigenvalue weighted by atomic mass is 10.2. The maximum absolute atomic E-state index is 4.46. The molecule has 3 aromatic rings. The van der Waals surface area contributed by atoms with Crippen LogP contribution in [0.2, 0.25) is 0 Å². The lowest BCUT2D eigenvalue weighted by Gasteiger charge is -2.12. The number of aryl methyl sites for hydroxylation is 1. The van der Waals surface area contributed by atoms with Gasteiger partial charge in [-0.05, 0) is 52.7 Å². The molecule has 0 amide bonds. The fourth-order valence-corrected chi connectivity index (χ4v) is 3.08. The minimum absolute atomic E-state index is 0.803. The second-order valence-electron chi connectivity index (χ2n) is 5.86. The minimum Gasteiger partial charge on any atom is -0.378 e. The maximum Gasteiger partial charge on any atom is 0.408 e. The van der Waals surface area contributed by atoms with Crippen LogP contribution < -0.4 is 9.47 Å². The summed E-state index contributed by atoms with van der Waals surface area (Å²) >= 11 is 1.60. The Bertz CT molecular complexity index is 838. The van der Waals surface area contributed by atoms with Gasteiger partial charge in [-0.1, -0.05) is 30.3 Å². The third kappa shape index (κ3) is 3.86. The molecule has 0 atom stereocenters. The summed E-state index contributed by atoms with van der Waals surface area (Å²) in [7, 11) is 4.07. The van der Waals surface area contributed by atoms with E-state index in [9.17, 15) is 0 Å². The average Bonchev–Trinajstić information content (AvgIpc) is 3.01. The highest BCUT2D eigenvalue weighted by molar-refractivity contribution is 7.12. The summed E-state index contributed by atoms with van der Waals surface area (Å²) in [6.45, 7) is 2.87. The Hall–Kier alpha value is -2.53. The van der Waals surface area contributed by atoms with Crippen LogP contribution in [0.1, 0.15) is 11.1 Å². The van der Waals surface area contributed by atoms with Gasteiger partial charge in [0.25, 0.3) is 0 Å². The first-order valence-corrected chi connectivity index (χ1v) is 8.72. The van der Waals surface area contributed by atoms with Crippen molar-refractivity contribution < 1.29 is 4.57 Å². The summed E-state index contributed by atoms with van der Waals surface area (Å²) in [4.78, 5) is 2.08. The second-order valence-corrected chi connectivity index (χ2v) is 6.74. The van der Waals surface area contributed by atoms with Crippen LogP contribution in [0.25, 0.3) is 0 Å². The van der Waals surface area contributed by atoms with Gasteiger partial charge in [-0.3, -0.25) is 0 Å². The van der Waals surface area contributed by atoms with Gasteiger partial charge in [0, 0.05) is 25.2 Å². The molecular weight excluding hydrogens is 316 g/mol. The normalized spacial score (nSPS) is 11.1. The molecule has 0 aliphatic rings. The quantitative estimate of drug-likeness (QED) is 0.482. The first kappa shape index (κ1) is 16.3. The molecule has 0 unspecified atom stereocenters. The first-order valence-electron chi connectivity index (χ1n) is 7.84. The molecule has 0 radical (unpaired) electrons. The molecule has 122 valence electrons. The summed E-state index contributed by atoms with van der Waals surface area (Å²) in [6.07, 6.45) is 2.05. The zero-order chi connectivity index (χ0) is 16.9. The zero-order valence-corrected chi connectivity index (χ0v) is 15.0. The molecule has 0 bridgehead atoms. The fraction of sp³-hybridized carbons (Fsp3) is 0.211. The van der Waals surface area contributed by atoms with Crippen molar-refractivity contribution in [2.24, 2.45) is 10.2 Å². The molecule has 3 rings (SSSR count). The number of azo groups is 1. The monoisotopic (exact) mass is 337 g/mol. The molecule has 0 aliphatic heterocycles. The number of rotatable bonds is 5. The van der Waals surface area contributed by atoms with E-state index >= 15 is 0 Å². The molecular formula is C19H21N4S+. The van der Waals surface area contributed by atoms with E-state index in [1.165, 1.54) is 11.3 Å². The third-order valence-electron chi connectivity index (χ3n) is 3.80. The molecule has 4 nitrogen and oxygen atoms in total. The molecule has 0 saturated heterocycles. The van der Waals surface area contributed by atoms with Gasteiger partial charge in [0.2, 0.25) is 0 Å². The SMILES string of the molecule is Cc1cc(N(C)C)ccc1/N=N/c1scc[n+]1Cc1ccccc1. The minimum atomic E-state index is 0.803. The Balaban J connectivity index is 1.79. The Kier molecular flexibility index (Phi) is 5.01. The molecule has 0 saturated carbocycles. The van der Waals surface area contributed by atoms with E-state index in [-0.39, 0.29) is 0 Å². The van der Waals surface area contributed by atoms with Crippen LogP contribution in [0, 0.1) is 6.92 Å². The van der Waals surface area contributed by atoms with Crippen molar-refractivity contribution >= 4 is 27.8 Å². The van der Waals surface area contributed by atoms with Crippen molar-refractivity contribution in [1.29, 1.82) is 0 Å². The maximum atomic E-state index is 4.46. The summed E-state index contributed by atoms with van der Waals surface area (Å²) < 4.78 is 2.12. The molecule has 2 aromatic carbocycles. The average molecular weight is 337 g/mol. The van der Waals surface area contributed by atoms with Crippen LogP contribution in [0.5, 0.6) is 0 Å². The largest absolute Gasteiger partial charge is 0.408 e. The van der Waals surface area contributed by atoms with E-state index in [1.807, 2.05) is 37.8 Å². The van der Waals surface area contributed by atoms with Gasteiger partial charge in [0.05, 0.1) is 5.11 Å². The van der Waals surface area contributed by atoms with E-state index in [0.717, 1.165) is 22.9 Å². The number of hydrogen-bond acceptors (Lipinski definition) is 4. The Morgan fingerprint density at radius 3 is 2.54 bits per heavy atom. The number of aromatic nitrogens is 1. The molecule has 0 fully saturated rings. The summed E-state index contributed by atoms with van der Waals surface area (Å²) in [5.41, 5.74) is 4.45. The highest BCUT2D eigenvalue weighted by Crippen LogP contribution is 2.26. The molecule has 5 heteroatoms. The molecule has 0 N–H and O–H groups in total. The van der Waals surface area contributed by atoms with Crippen molar-refractivity contribution in [1.82, 2.24) is 0 Å².